The van der Waals surface area contributed by atoms with E-state index in [0.29, 0.717) is 0 Å². The Balaban J connectivity index is 2.62. The maximum Gasteiger partial charge on any atom is 0.408 e. The third kappa shape index (κ3) is 8.13. The highest BCUT2D eigenvalue weighted by Gasteiger charge is 2.22. The Morgan fingerprint density at radius 3 is 2.62 bits per heavy atom. The summed E-state index contributed by atoms with van der Waals surface area (Å²) < 4.78 is 5.11. The van der Waals surface area contributed by atoms with Gasteiger partial charge in [0.1, 0.15) is 19.2 Å². The molecule has 0 radical (unpaired) electrons. The number of rotatable bonds is 9. The van der Waals surface area contributed by atoms with Crippen LogP contribution in [0.3, 0.4) is 0 Å². The fraction of sp³-hybridized carbons (Fsp3) is 0.412. The zero-order chi connectivity index (χ0) is 19.5. The van der Waals surface area contributed by atoms with Crippen molar-refractivity contribution in [3.8, 4) is 0 Å². The molecule has 1 atom stereocenters. The van der Waals surface area contributed by atoms with Crippen molar-refractivity contribution in [3.05, 3.63) is 35.5 Å². The number of nitrogens with one attached hydrogen (secondary N) is 2. The van der Waals surface area contributed by atoms with Crippen LogP contribution in [-0.4, -0.2) is 48.2 Å². The molecule has 0 saturated heterocycles. The van der Waals surface area contributed by atoms with E-state index in [0.717, 1.165) is 17.6 Å². The van der Waals surface area contributed by atoms with Gasteiger partial charge in [-0.05, 0) is 30.9 Å². The molecule has 1 aliphatic rings. The number of carbonyl (C=O) groups is 4. The van der Waals surface area contributed by atoms with Crippen LogP contribution < -0.4 is 16.4 Å². The Morgan fingerprint density at radius 2 is 1.96 bits per heavy atom. The topological polar surface area (TPSA) is 148 Å². The molecule has 9 nitrogen and oxygen atoms in total. The molecule has 0 saturated carbocycles. The van der Waals surface area contributed by atoms with Crippen LogP contribution >= 0.6 is 0 Å². The van der Waals surface area contributed by atoms with Crippen LogP contribution in [0.4, 0.5) is 4.79 Å². The number of alkyl carbamates (subject to hydrolysis) is 1. The van der Waals surface area contributed by atoms with Gasteiger partial charge in [0.2, 0.25) is 11.8 Å². The van der Waals surface area contributed by atoms with Crippen molar-refractivity contribution >= 4 is 23.9 Å². The highest BCUT2D eigenvalue weighted by atomic mass is 16.5. The Morgan fingerprint density at radius 1 is 1.27 bits per heavy atom. The third-order valence-corrected chi connectivity index (χ3v) is 3.53. The van der Waals surface area contributed by atoms with Crippen LogP contribution in [0.25, 0.3) is 0 Å². The van der Waals surface area contributed by atoms with Gasteiger partial charge < -0.3 is 26.2 Å². The van der Waals surface area contributed by atoms with Crippen molar-refractivity contribution in [2.24, 2.45) is 5.73 Å². The van der Waals surface area contributed by atoms with Gasteiger partial charge in [-0.15, -0.1) is 0 Å². The summed E-state index contributed by atoms with van der Waals surface area (Å²) in [5.74, 6) is -2.61. The molecule has 1 unspecified atom stereocenters. The molecule has 9 heteroatoms. The molecule has 0 aromatic carbocycles. The first-order valence-corrected chi connectivity index (χ1v) is 8.03. The number of carbonyl (C=O) groups excluding carboxylic acids is 3. The van der Waals surface area contributed by atoms with Gasteiger partial charge in [0, 0.05) is 6.42 Å². The van der Waals surface area contributed by atoms with Crippen molar-refractivity contribution in [3.63, 3.8) is 0 Å². The Bertz CT molecular complexity index is 651. The van der Waals surface area contributed by atoms with E-state index >= 15 is 0 Å². The van der Waals surface area contributed by atoms with Crippen molar-refractivity contribution < 1.29 is 29.0 Å². The molecule has 0 spiro atoms. The number of allylic oxidation sites excluding steroid dienone is 4. The SMILES string of the molecule is CC1=C(COC(=O)NC(CCC(N)=O)C(=O)NCC(=O)O)C=CCC=C1. The first kappa shape index (κ1) is 20.9. The molecule has 1 rings (SSSR count). The lowest BCUT2D eigenvalue weighted by Crippen LogP contribution is -2.48. The van der Waals surface area contributed by atoms with Crippen LogP contribution in [0.1, 0.15) is 26.2 Å². The first-order chi connectivity index (χ1) is 12.3. The molecule has 0 aromatic rings. The number of amides is 3. The van der Waals surface area contributed by atoms with Crippen molar-refractivity contribution in [2.45, 2.75) is 32.2 Å². The summed E-state index contributed by atoms with van der Waals surface area (Å²) in [6.45, 7) is 1.29. The normalized spacial score (nSPS) is 14.3. The molecule has 5 N–H and O–H groups in total. The summed E-state index contributed by atoms with van der Waals surface area (Å²) in [5, 5.41) is 13.1. The maximum atomic E-state index is 12.0. The summed E-state index contributed by atoms with van der Waals surface area (Å²) in [5.41, 5.74) is 6.82. The largest absolute Gasteiger partial charge is 0.480 e. The number of nitrogens with two attached hydrogens (primary N) is 1. The summed E-state index contributed by atoms with van der Waals surface area (Å²) >= 11 is 0. The van der Waals surface area contributed by atoms with Crippen molar-refractivity contribution in [1.82, 2.24) is 10.6 Å². The molecular formula is C17H23N3O6. The van der Waals surface area contributed by atoms with E-state index in [2.05, 4.69) is 10.6 Å². The highest BCUT2D eigenvalue weighted by molar-refractivity contribution is 5.88. The zero-order valence-electron chi connectivity index (χ0n) is 14.5. The smallest absolute Gasteiger partial charge is 0.408 e. The van der Waals surface area contributed by atoms with Gasteiger partial charge in [0.05, 0.1) is 0 Å². The molecular weight excluding hydrogens is 342 g/mol. The number of carboxylic acid groups (broad SMARTS) is 1. The number of ether oxygens (including phenoxy) is 1. The second-order valence-corrected chi connectivity index (χ2v) is 5.64. The van der Waals surface area contributed by atoms with Gasteiger partial charge in [-0.2, -0.15) is 0 Å². The van der Waals surface area contributed by atoms with Crippen LogP contribution in [0.15, 0.2) is 35.5 Å². The van der Waals surface area contributed by atoms with Gasteiger partial charge in [-0.25, -0.2) is 4.79 Å². The van der Waals surface area contributed by atoms with E-state index in [4.69, 9.17) is 15.6 Å². The van der Waals surface area contributed by atoms with Crippen LogP contribution in [0.5, 0.6) is 0 Å². The number of primary amides is 1. The lowest BCUT2D eigenvalue weighted by atomic mass is 10.1. The number of hydrogen-bond donors (Lipinski definition) is 4. The Labute approximate surface area is 150 Å². The van der Waals surface area contributed by atoms with E-state index in [1.165, 1.54) is 0 Å². The average molecular weight is 365 g/mol. The Kier molecular flexibility index (Phi) is 8.62. The fourth-order valence-corrected chi connectivity index (χ4v) is 2.10. The van der Waals surface area contributed by atoms with E-state index in [1.54, 1.807) is 0 Å². The minimum absolute atomic E-state index is 0.0117. The first-order valence-electron chi connectivity index (χ1n) is 8.03. The number of aliphatic carboxylic acids is 1. The maximum absolute atomic E-state index is 12.0. The summed E-state index contributed by atoms with van der Waals surface area (Å²) in [6.07, 6.45) is 7.39. The highest BCUT2D eigenvalue weighted by Crippen LogP contribution is 2.13. The second-order valence-electron chi connectivity index (χ2n) is 5.64. The lowest BCUT2D eigenvalue weighted by molar-refractivity contribution is -0.138. The van der Waals surface area contributed by atoms with E-state index < -0.39 is 36.5 Å². The summed E-state index contributed by atoms with van der Waals surface area (Å²) in [4.78, 5) is 45.4. The molecule has 142 valence electrons. The summed E-state index contributed by atoms with van der Waals surface area (Å²) in [7, 11) is 0. The molecule has 0 aliphatic heterocycles. The molecule has 1 aliphatic carbocycles. The van der Waals surface area contributed by atoms with Gasteiger partial charge in [-0.1, -0.05) is 24.3 Å². The molecule has 26 heavy (non-hydrogen) atoms. The third-order valence-electron chi connectivity index (χ3n) is 3.53. The second kappa shape index (κ2) is 10.7. The lowest BCUT2D eigenvalue weighted by Gasteiger charge is -2.17. The summed E-state index contributed by atoms with van der Waals surface area (Å²) in [6, 6.07) is -1.13. The minimum atomic E-state index is -1.23. The van der Waals surface area contributed by atoms with Gasteiger partial charge in [0.15, 0.2) is 0 Å². The van der Waals surface area contributed by atoms with Gasteiger partial charge in [-0.3, -0.25) is 14.4 Å². The van der Waals surface area contributed by atoms with Crippen molar-refractivity contribution in [2.75, 3.05) is 13.2 Å². The predicted octanol–water partition coefficient (Wildman–Crippen LogP) is 0.380. The van der Waals surface area contributed by atoms with E-state index in [-0.39, 0.29) is 19.4 Å². The predicted molar refractivity (Wildman–Crippen MR) is 92.9 cm³/mol. The monoisotopic (exact) mass is 365 g/mol. The van der Waals surface area contributed by atoms with Gasteiger partial charge >= 0.3 is 12.1 Å². The average Bonchev–Trinajstić information content (AvgIpc) is 2.78. The van der Waals surface area contributed by atoms with Crippen LogP contribution in [-0.2, 0) is 19.1 Å². The van der Waals surface area contributed by atoms with Crippen LogP contribution in [0.2, 0.25) is 0 Å². The molecule has 0 bridgehead atoms. The molecule has 0 fully saturated rings. The minimum Gasteiger partial charge on any atom is -0.480 e. The molecule has 3 amide bonds. The van der Waals surface area contributed by atoms with Gasteiger partial charge in [0.25, 0.3) is 0 Å². The number of hydrogen-bond acceptors (Lipinski definition) is 5. The van der Waals surface area contributed by atoms with Crippen LogP contribution in [0, 0.1) is 0 Å². The molecule has 0 heterocycles. The number of carboxylic acids is 1. The fourth-order valence-electron chi connectivity index (χ4n) is 2.10. The van der Waals surface area contributed by atoms with E-state index in [9.17, 15) is 19.2 Å². The van der Waals surface area contributed by atoms with Crippen molar-refractivity contribution in [1.29, 1.82) is 0 Å². The van der Waals surface area contributed by atoms with E-state index in [1.807, 2.05) is 31.2 Å². The quantitative estimate of drug-likeness (QED) is 0.464. The Hall–Kier alpha value is -3.10. The molecule has 0 aromatic heterocycles. The zero-order valence-corrected chi connectivity index (χ0v) is 14.5. The standard InChI is InChI=1S/C17H23N3O6/c1-11-5-3-2-4-6-12(11)10-26-17(25)20-13(7-8-14(18)21)16(24)19-9-15(22)23/h3-6,13H,2,7-10H2,1H3,(H2,18,21)(H,19,24)(H,20,25)(H,22,23).